The van der Waals surface area contributed by atoms with Crippen LogP contribution in [0.4, 0.5) is 0 Å². The van der Waals surface area contributed by atoms with Crippen molar-refractivity contribution in [3.8, 4) is 0 Å². The fraction of sp³-hybridized carbons (Fsp3) is 0. The van der Waals surface area contributed by atoms with E-state index < -0.39 is 7.82 Å². The number of phosphoric acid groups is 1. The molecule has 0 aromatic rings. The van der Waals surface area contributed by atoms with Crippen LogP contribution in [-0.4, -0.2) is 37.7 Å². The quantitative estimate of drug-likeness (QED) is 0.295. The van der Waals surface area contributed by atoms with Gasteiger partial charge in [-0.1, -0.05) is 0 Å². The van der Waals surface area contributed by atoms with Gasteiger partial charge in [0.05, 0.1) is 0 Å². The fourth-order valence-corrected chi connectivity index (χ4v) is 0. The Bertz CT molecular complexity index is 69.4. The Morgan fingerprint density at radius 1 is 1.25 bits per heavy atom. The second kappa shape index (κ2) is 8.13. The van der Waals surface area contributed by atoms with Crippen molar-refractivity contribution >= 4 is 43.3 Å². The van der Waals surface area contributed by atoms with E-state index in [1.54, 1.807) is 0 Å². The summed E-state index contributed by atoms with van der Waals surface area (Å²) in [5.41, 5.74) is 0. The van der Waals surface area contributed by atoms with E-state index in [-0.39, 0.29) is 44.5 Å². The van der Waals surface area contributed by atoms with Gasteiger partial charge in [0, 0.05) is 0 Å². The molecule has 0 aliphatic rings. The van der Waals surface area contributed by atoms with E-state index in [1.165, 1.54) is 0 Å². The van der Waals surface area contributed by atoms with Gasteiger partial charge in [0.15, 0.2) is 0 Å². The van der Waals surface area contributed by atoms with Crippen molar-refractivity contribution in [1.82, 2.24) is 6.15 Å². The molecule has 0 spiro atoms. The average molecular weight is 178 g/mol. The van der Waals surface area contributed by atoms with Crippen molar-refractivity contribution in [2.45, 2.75) is 0 Å². The molecule has 0 aromatic carbocycles. The summed E-state index contributed by atoms with van der Waals surface area (Å²) >= 11 is 0. The molecule has 0 aliphatic carbocycles. The summed E-state index contributed by atoms with van der Waals surface area (Å²) in [7, 11) is -4.64. The minimum atomic E-state index is -4.64. The number of rotatable bonds is 0. The third-order valence-corrected chi connectivity index (χ3v) is 0. The first-order chi connectivity index (χ1) is 2.00. The van der Waals surface area contributed by atoms with E-state index in [9.17, 15) is 0 Å². The molecular formula is H9ClMgNO4P. The van der Waals surface area contributed by atoms with Crippen LogP contribution in [0.2, 0.25) is 0 Å². The molecule has 0 unspecified atom stereocenters. The summed E-state index contributed by atoms with van der Waals surface area (Å²) in [5.74, 6) is 0. The van der Waals surface area contributed by atoms with Crippen molar-refractivity contribution in [1.29, 1.82) is 0 Å². The summed E-state index contributed by atoms with van der Waals surface area (Å²) in [6.45, 7) is 0. The Kier molecular flexibility index (Phi) is 23.3. The summed E-state index contributed by atoms with van der Waals surface area (Å²) in [5, 5.41) is 0. The molecule has 8 heteroatoms. The first kappa shape index (κ1) is 22.9. The average Bonchev–Trinajstić information content (AvgIpc) is 0.722. The smallest absolute Gasteiger partial charge is 1.00 e. The van der Waals surface area contributed by atoms with Crippen molar-refractivity contribution in [2.24, 2.45) is 0 Å². The van der Waals surface area contributed by atoms with Crippen molar-refractivity contribution < 1.29 is 22.1 Å². The maximum atomic E-state index is 8.88. The monoisotopic (exact) mass is 177 g/mol. The van der Waals surface area contributed by atoms with Gasteiger partial charge in [-0.15, -0.1) is 12.4 Å². The molecule has 0 bridgehead atoms. The van der Waals surface area contributed by atoms with Crippen LogP contribution in [0.25, 0.3) is 0 Å². The van der Waals surface area contributed by atoms with Gasteiger partial charge in [-0.25, -0.2) is 4.57 Å². The molecule has 0 heterocycles. The minimum Gasteiger partial charge on any atom is -1.00 e. The molecule has 0 atom stereocenters. The molecule has 0 fully saturated rings. The second-order valence-corrected chi connectivity index (χ2v) is 1.54. The molecule has 0 saturated heterocycles. The third-order valence-electron chi connectivity index (χ3n) is 0. The van der Waals surface area contributed by atoms with Crippen molar-refractivity contribution in [3.63, 3.8) is 0 Å². The van der Waals surface area contributed by atoms with E-state index in [4.69, 9.17) is 19.2 Å². The normalized spacial score (nSPS) is 7.38. The second-order valence-electron chi connectivity index (χ2n) is 0.513. The Morgan fingerprint density at radius 3 is 1.25 bits per heavy atom. The van der Waals surface area contributed by atoms with Gasteiger partial charge in [-0.05, 0) is 0 Å². The molecule has 0 amide bonds. The summed E-state index contributed by atoms with van der Waals surface area (Å²) in [6, 6.07) is 0. The molecule has 0 aliphatic heterocycles. The van der Waals surface area contributed by atoms with Gasteiger partial charge in [0.2, 0.25) is 0 Å². The van der Waals surface area contributed by atoms with E-state index in [0.717, 1.165) is 0 Å². The topological polar surface area (TPSA) is 113 Å². The van der Waals surface area contributed by atoms with Crippen LogP contribution in [0.1, 0.15) is 2.85 Å². The third kappa shape index (κ3) is 211. The van der Waals surface area contributed by atoms with Crippen LogP contribution < -0.4 is 6.15 Å². The summed E-state index contributed by atoms with van der Waals surface area (Å²) in [6.07, 6.45) is 0. The van der Waals surface area contributed by atoms with Crippen LogP contribution in [0.3, 0.4) is 0 Å². The molecule has 0 aromatic heterocycles. The van der Waals surface area contributed by atoms with Gasteiger partial charge in [-0.2, -0.15) is 0 Å². The van der Waals surface area contributed by atoms with E-state index >= 15 is 0 Å². The SMILES string of the molecule is Cl.N.O=P(O)(O)O.[H-].[H-].[Mg+2]. The molecular weight excluding hydrogens is 169 g/mol. The summed E-state index contributed by atoms with van der Waals surface area (Å²) in [4.78, 5) is 21.6. The molecule has 52 valence electrons. The fourth-order valence-electron chi connectivity index (χ4n) is 0. The van der Waals surface area contributed by atoms with Crippen LogP contribution in [0.15, 0.2) is 0 Å². The maximum absolute atomic E-state index is 8.88. The van der Waals surface area contributed by atoms with Gasteiger partial charge in [-0.3, -0.25) is 0 Å². The molecule has 0 rings (SSSR count). The predicted octanol–water partition coefficient (Wildman–Crippen LogP) is -0.501. The van der Waals surface area contributed by atoms with E-state index in [2.05, 4.69) is 0 Å². The van der Waals surface area contributed by atoms with E-state index in [0.29, 0.717) is 0 Å². The zero-order valence-corrected chi connectivity index (χ0v) is 7.14. The zero-order chi connectivity index (χ0) is 4.50. The first-order valence-corrected chi connectivity index (χ1v) is 2.35. The molecule has 8 heavy (non-hydrogen) atoms. The standard InChI is InChI=1S/ClH.Mg.H3N.H3O4P.2H/c;;;1-5(2,3)4;;/h1H;;1H3;(H3,1,2,3,4);;/q;+2;;;2*-1. The molecule has 0 saturated carbocycles. The molecule has 5 nitrogen and oxygen atoms in total. The molecule has 6 N–H and O–H groups in total. The largest absolute Gasteiger partial charge is 2.00 e. The minimum absolute atomic E-state index is 0. The molecule has 0 radical (unpaired) electrons. The Balaban J connectivity index is -0.00000000800. The Hall–Kier alpha value is 1.13. The predicted molar refractivity (Wildman–Crippen MR) is 34.5 cm³/mol. The Labute approximate surface area is 71.8 Å². The van der Waals surface area contributed by atoms with Gasteiger partial charge < -0.3 is 23.7 Å². The van der Waals surface area contributed by atoms with E-state index in [1.807, 2.05) is 0 Å². The van der Waals surface area contributed by atoms with Crippen LogP contribution >= 0.6 is 20.2 Å². The van der Waals surface area contributed by atoms with Gasteiger partial charge >= 0.3 is 30.9 Å². The number of halogens is 1. The van der Waals surface area contributed by atoms with Gasteiger partial charge in [0.1, 0.15) is 0 Å². The zero-order valence-electron chi connectivity index (χ0n) is 6.02. The number of hydrogen-bond donors (Lipinski definition) is 4. The number of hydrogen-bond acceptors (Lipinski definition) is 2. The van der Waals surface area contributed by atoms with Crippen LogP contribution in [-0.2, 0) is 4.57 Å². The van der Waals surface area contributed by atoms with Crippen molar-refractivity contribution in [2.75, 3.05) is 0 Å². The van der Waals surface area contributed by atoms with Gasteiger partial charge in [0.25, 0.3) is 0 Å². The van der Waals surface area contributed by atoms with Crippen LogP contribution in [0, 0.1) is 0 Å². The summed E-state index contributed by atoms with van der Waals surface area (Å²) < 4.78 is 8.88. The first-order valence-electron chi connectivity index (χ1n) is 0.783. The van der Waals surface area contributed by atoms with Crippen LogP contribution in [0.5, 0.6) is 0 Å². The van der Waals surface area contributed by atoms with Crippen molar-refractivity contribution in [3.05, 3.63) is 0 Å². The maximum Gasteiger partial charge on any atom is 2.00 e. The Morgan fingerprint density at radius 2 is 1.25 bits per heavy atom.